The molecule has 0 heterocycles. The van der Waals surface area contributed by atoms with Gasteiger partial charge in [0.25, 0.3) is 5.91 Å². The van der Waals surface area contributed by atoms with Gasteiger partial charge in [0.15, 0.2) is 6.61 Å². The highest BCUT2D eigenvalue weighted by Crippen LogP contribution is 2.20. The molecule has 0 unspecified atom stereocenters. The molecule has 0 aromatic heterocycles. The van der Waals surface area contributed by atoms with Crippen LogP contribution in [0.3, 0.4) is 0 Å². The normalized spacial score (nSPS) is 10.6. The number of hydrogen-bond donors (Lipinski definition) is 1. The largest absolute Gasteiger partial charge is 0.488 e. The predicted octanol–water partition coefficient (Wildman–Crippen LogP) is 5.29. The number of nitrogens with zero attached hydrogens (tertiary/aromatic N) is 1. The van der Waals surface area contributed by atoms with E-state index in [9.17, 15) is 4.79 Å². The van der Waals surface area contributed by atoms with Crippen molar-refractivity contribution in [1.82, 2.24) is 5.43 Å². The van der Waals surface area contributed by atoms with E-state index in [1.807, 2.05) is 72.8 Å². The van der Waals surface area contributed by atoms with Crippen LogP contribution in [0, 0.1) is 0 Å². The summed E-state index contributed by atoms with van der Waals surface area (Å²) in [5.41, 5.74) is 5.27. The molecule has 3 aromatic rings. The molecule has 5 nitrogen and oxygen atoms in total. The Morgan fingerprint density at radius 1 is 1.00 bits per heavy atom. The SMILES string of the molecule is C=CCc1ccccc1OCC(=O)NN=Cc1ccccc1OCc1cccc(Br)c1. The molecule has 0 aliphatic carbocycles. The Kier molecular flexibility index (Phi) is 8.43. The van der Waals surface area contributed by atoms with Crippen LogP contribution in [0.2, 0.25) is 0 Å². The minimum Gasteiger partial charge on any atom is -0.488 e. The van der Waals surface area contributed by atoms with Gasteiger partial charge in [0, 0.05) is 10.0 Å². The average Bonchev–Trinajstić information content (AvgIpc) is 2.78. The van der Waals surface area contributed by atoms with Crippen molar-refractivity contribution in [3.8, 4) is 11.5 Å². The average molecular weight is 479 g/mol. The molecule has 31 heavy (non-hydrogen) atoms. The lowest BCUT2D eigenvalue weighted by Crippen LogP contribution is -2.24. The molecule has 1 N–H and O–H groups in total. The summed E-state index contributed by atoms with van der Waals surface area (Å²) in [5, 5.41) is 4.03. The molecule has 3 aromatic carbocycles. The van der Waals surface area contributed by atoms with Gasteiger partial charge in [0.05, 0.1) is 6.21 Å². The molecule has 0 aliphatic rings. The molecule has 3 rings (SSSR count). The van der Waals surface area contributed by atoms with E-state index in [1.54, 1.807) is 12.3 Å². The first-order chi connectivity index (χ1) is 15.2. The van der Waals surface area contributed by atoms with Crippen LogP contribution in [0.1, 0.15) is 16.7 Å². The fourth-order valence-corrected chi connectivity index (χ4v) is 3.27. The van der Waals surface area contributed by atoms with Gasteiger partial charge in [-0.25, -0.2) is 5.43 Å². The van der Waals surface area contributed by atoms with E-state index in [-0.39, 0.29) is 12.5 Å². The van der Waals surface area contributed by atoms with Crippen LogP contribution in [0.15, 0.2) is 95.0 Å². The molecule has 0 saturated carbocycles. The van der Waals surface area contributed by atoms with Crippen molar-refractivity contribution in [2.75, 3.05) is 6.61 Å². The zero-order valence-corrected chi connectivity index (χ0v) is 18.5. The third kappa shape index (κ3) is 7.12. The molecule has 0 spiro atoms. The number of halogens is 1. The third-order valence-corrected chi connectivity index (χ3v) is 4.78. The fraction of sp³-hybridized carbons (Fsp3) is 0.120. The minimum atomic E-state index is -0.350. The number of nitrogens with one attached hydrogen (secondary N) is 1. The number of allylic oxidation sites excluding steroid dienone is 1. The number of ether oxygens (including phenoxy) is 2. The van der Waals surface area contributed by atoms with Gasteiger partial charge in [-0.15, -0.1) is 6.58 Å². The van der Waals surface area contributed by atoms with Crippen LogP contribution in [0.5, 0.6) is 11.5 Å². The van der Waals surface area contributed by atoms with Gasteiger partial charge in [-0.1, -0.05) is 64.5 Å². The van der Waals surface area contributed by atoms with Crippen LogP contribution in [0.25, 0.3) is 0 Å². The Morgan fingerprint density at radius 2 is 1.77 bits per heavy atom. The van der Waals surface area contributed by atoms with Gasteiger partial charge >= 0.3 is 0 Å². The summed E-state index contributed by atoms with van der Waals surface area (Å²) in [4.78, 5) is 12.1. The smallest absolute Gasteiger partial charge is 0.277 e. The number of carbonyl (C=O) groups is 1. The lowest BCUT2D eigenvalue weighted by atomic mass is 10.1. The Hall–Kier alpha value is -3.38. The van der Waals surface area contributed by atoms with E-state index in [1.165, 1.54) is 0 Å². The first kappa shape index (κ1) is 22.3. The number of amides is 1. The van der Waals surface area contributed by atoms with Gasteiger partial charge in [0.2, 0.25) is 0 Å². The van der Waals surface area contributed by atoms with E-state index in [0.29, 0.717) is 24.5 Å². The highest BCUT2D eigenvalue weighted by atomic mass is 79.9. The molecule has 0 radical (unpaired) electrons. The van der Waals surface area contributed by atoms with Crippen LogP contribution in [-0.4, -0.2) is 18.7 Å². The molecule has 0 fully saturated rings. The number of carbonyl (C=O) groups excluding carboxylic acids is 1. The summed E-state index contributed by atoms with van der Waals surface area (Å²) < 4.78 is 12.5. The zero-order chi connectivity index (χ0) is 21.9. The lowest BCUT2D eigenvalue weighted by molar-refractivity contribution is -0.123. The number of rotatable bonds is 10. The van der Waals surface area contributed by atoms with Crippen molar-refractivity contribution in [2.45, 2.75) is 13.0 Å². The summed E-state index contributed by atoms with van der Waals surface area (Å²) in [6.45, 7) is 4.03. The van der Waals surface area contributed by atoms with Gasteiger partial charge < -0.3 is 9.47 Å². The van der Waals surface area contributed by atoms with Crippen molar-refractivity contribution in [2.24, 2.45) is 5.10 Å². The molecule has 0 bridgehead atoms. The molecule has 158 valence electrons. The molecule has 1 amide bonds. The Morgan fingerprint density at radius 3 is 2.58 bits per heavy atom. The first-order valence-corrected chi connectivity index (χ1v) is 10.5. The first-order valence-electron chi connectivity index (χ1n) is 9.75. The highest BCUT2D eigenvalue weighted by molar-refractivity contribution is 9.10. The van der Waals surface area contributed by atoms with Crippen LogP contribution >= 0.6 is 15.9 Å². The molecule has 6 heteroatoms. The Labute approximate surface area is 190 Å². The standard InChI is InChI=1S/C25H23BrN2O3/c1-2-8-20-10-3-5-13-23(20)31-18-25(29)28-27-16-21-11-4-6-14-24(21)30-17-19-9-7-12-22(26)15-19/h2-7,9-16H,1,8,17-18H2,(H,28,29). The van der Waals surface area contributed by atoms with Gasteiger partial charge in [-0.3, -0.25) is 4.79 Å². The van der Waals surface area contributed by atoms with Crippen molar-refractivity contribution in [3.63, 3.8) is 0 Å². The predicted molar refractivity (Wildman–Crippen MR) is 126 cm³/mol. The second-order valence-corrected chi connectivity index (χ2v) is 7.55. The van der Waals surface area contributed by atoms with Crippen molar-refractivity contribution in [3.05, 3.63) is 107 Å². The van der Waals surface area contributed by atoms with Gasteiger partial charge in [-0.2, -0.15) is 5.10 Å². The minimum absolute atomic E-state index is 0.132. The maximum Gasteiger partial charge on any atom is 0.277 e. The summed E-state index contributed by atoms with van der Waals surface area (Å²) in [5.74, 6) is 0.986. The van der Waals surface area contributed by atoms with E-state index in [4.69, 9.17) is 9.47 Å². The van der Waals surface area contributed by atoms with Crippen LogP contribution in [-0.2, 0) is 17.8 Å². The van der Waals surface area contributed by atoms with E-state index in [2.05, 4.69) is 33.0 Å². The fourth-order valence-electron chi connectivity index (χ4n) is 2.82. The number of para-hydroxylation sites is 2. The number of hydrazone groups is 1. The summed E-state index contributed by atoms with van der Waals surface area (Å²) in [6.07, 6.45) is 4.02. The Balaban J connectivity index is 1.54. The van der Waals surface area contributed by atoms with Crippen molar-refractivity contribution >= 4 is 28.1 Å². The van der Waals surface area contributed by atoms with Crippen molar-refractivity contribution in [1.29, 1.82) is 0 Å². The quantitative estimate of drug-likeness (QED) is 0.244. The molecule has 0 aliphatic heterocycles. The van der Waals surface area contributed by atoms with Gasteiger partial charge in [-0.05, 0) is 47.9 Å². The number of hydrogen-bond acceptors (Lipinski definition) is 4. The molecular weight excluding hydrogens is 456 g/mol. The Bertz CT molecular complexity index is 1070. The summed E-state index contributed by atoms with van der Waals surface area (Å²) in [7, 11) is 0. The van der Waals surface area contributed by atoms with Crippen LogP contribution < -0.4 is 14.9 Å². The topological polar surface area (TPSA) is 59.9 Å². The van der Waals surface area contributed by atoms with E-state index < -0.39 is 0 Å². The van der Waals surface area contributed by atoms with Crippen molar-refractivity contribution < 1.29 is 14.3 Å². The number of benzene rings is 3. The lowest BCUT2D eigenvalue weighted by Gasteiger charge is -2.10. The highest BCUT2D eigenvalue weighted by Gasteiger charge is 2.06. The summed E-state index contributed by atoms with van der Waals surface area (Å²) >= 11 is 3.46. The maximum absolute atomic E-state index is 12.1. The molecule has 0 atom stereocenters. The zero-order valence-electron chi connectivity index (χ0n) is 17.0. The second kappa shape index (κ2) is 11.7. The third-order valence-electron chi connectivity index (χ3n) is 4.29. The van der Waals surface area contributed by atoms with E-state index in [0.717, 1.165) is 21.2 Å². The molecule has 0 saturated heterocycles. The van der Waals surface area contributed by atoms with Crippen LogP contribution in [0.4, 0.5) is 0 Å². The monoisotopic (exact) mass is 478 g/mol. The van der Waals surface area contributed by atoms with E-state index >= 15 is 0 Å². The second-order valence-electron chi connectivity index (χ2n) is 6.64. The molecular formula is C25H23BrN2O3. The van der Waals surface area contributed by atoms with Gasteiger partial charge in [0.1, 0.15) is 18.1 Å². The summed E-state index contributed by atoms with van der Waals surface area (Å²) in [6, 6.07) is 23.0. The maximum atomic E-state index is 12.1.